The van der Waals surface area contributed by atoms with Crippen molar-refractivity contribution in [3.8, 4) is 0 Å². The largest absolute Gasteiger partial charge is 0.344 e. The minimum Gasteiger partial charge on any atom is -0.344 e. The summed E-state index contributed by atoms with van der Waals surface area (Å²) in [6, 6.07) is -0.382. The first-order chi connectivity index (χ1) is 6.66. The van der Waals surface area contributed by atoms with Gasteiger partial charge in [-0.2, -0.15) is 4.98 Å². The highest BCUT2D eigenvalue weighted by molar-refractivity contribution is 5.78. The summed E-state index contributed by atoms with van der Waals surface area (Å²) in [4.78, 5) is 15.1. The summed E-state index contributed by atoms with van der Waals surface area (Å²) >= 11 is 0. The van der Waals surface area contributed by atoms with Gasteiger partial charge in [-0.25, -0.2) is 0 Å². The highest BCUT2D eigenvalue weighted by Crippen LogP contribution is 2.22. The monoisotopic (exact) mass is 196 g/mol. The van der Waals surface area contributed by atoms with Crippen LogP contribution in [0.1, 0.15) is 43.6 Å². The molecule has 2 heterocycles. The summed E-state index contributed by atoms with van der Waals surface area (Å²) in [5.74, 6) is 0.944. The first-order valence-corrected chi connectivity index (χ1v) is 4.55. The number of nitrogens with one attached hydrogen (secondary N) is 1. The van der Waals surface area contributed by atoms with E-state index in [0.29, 0.717) is 24.6 Å². The Labute approximate surface area is 80.9 Å². The van der Waals surface area contributed by atoms with Crippen LogP contribution in [0.4, 0.5) is 0 Å². The van der Waals surface area contributed by atoms with Gasteiger partial charge < -0.3 is 15.6 Å². The first-order valence-electron chi connectivity index (χ1n) is 4.55. The Hall–Kier alpha value is -1.43. The molecule has 6 nitrogen and oxygen atoms in total. The molecule has 1 aromatic rings. The third-order valence-corrected chi connectivity index (χ3v) is 2.16. The van der Waals surface area contributed by atoms with E-state index in [1.165, 1.54) is 0 Å². The van der Waals surface area contributed by atoms with E-state index in [2.05, 4.69) is 15.5 Å². The van der Waals surface area contributed by atoms with Crippen LogP contribution in [0.15, 0.2) is 4.52 Å². The number of amides is 1. The number of aromatic nitrogens is 2. The van der Waals surface area contributed by atoms with Gasteiger partial charge in [0.05, 0.1) is 6.04 Å². The SMILES string of the molecule is CC(N)c1noc(C2CCC(=O)N2)n1. The van der Waals surface area contributed by atoms with Gasteiger partial charge in [0.2, 0.25) is 11.8 Å². The van der Waals surface area contributed by atoms with Crippen molar-refractivity contribution in [3.63, 3.8) is 0 Å². The molecule has 1 fully saturated rings. The lowest BCUT2D eigenvalue weighted by atomic mass is 10.2. The molecule has 0 aromatic carbocycles. The predicted octanol–water partition coefficient (Wildman–Crippen LogP) is 0.0404. The fourth-order valence-corrected chi connectivity index (χ4v) is 1.37. The van der Waals surface area contributed by atoms with Gasteiger partial charge in [0.15, 0.2) is 5.82 Å². The van der Waals surface area contributed by atoms with Crippen molar-refractivity contribution in [2.75, 3.05) is 0 Å². The number of hydrogen-bond donors (Lipinski definition) is 2. The summed E-state index contributed by atoms with van der Waals surface area (Å²) in [6.45, 7) is 1.78. The smallest absolute Gasteiger partial charge is 0.249 e. The maximum absolute atomic E-state index is 10.9. The summed E-state index contributed by atoms with van der Waals surface area (Å²) < 4.78 is 5.00. The lowest BCUT2D eigenvalue weighted by molar-refractivity contribution is -0.119. The van der Waals surface area contributed by atoms with Crippen molar-refractivity contribution in [2.24, 2.45) is 5.73 Å². The molecule has 2 rings (SSSR count). The molecule has 3 N–H and O–H groups in total. The minimum absolute atomic E-state index is 0.0237. The van der Waals surface area contributed by atoms with Gasteiger partial charge in [-0.15, -0.1) is 0 Å². The molecule has 1 aliphatic heterocycles. The summed E-state index contributed by atoms with van der Waals surface area (Å²) in [5.41, 5.74) is 5.58. The van der Waals surface area contributed by atoms with Crippen LogP contribution in [-0.2, 0) is 4.79 Å². The summed E-state index contributed by atoms with van der Waals surface area (Å²) in [5, 5.41) is 6.47. The van der Waals surface area contributed by atoms with Crippen LogP contribution in [0.2, 0.25) is 0 Å². The molecule has 1 amide bonds. The Morgan fingerprint density at radius 3 is 3.00 bits per heavy atom. The van der Waals surface area contributed by atoms with E-state index in [4.69, 9.17) is 10.3 Å². The molecule has 14 heavy (non-hydrogen) atoms. The van der Waals surface area contributed by atoms with Crippen molar-refractivity contribution in [2.45, 2.75) is 31.8 Å². The van der Waals surface area contributed by atoms with E-state index in [1.54, 1.807) is 6.92 Å². The van der Waals surface area contributed by atoms with E-state index in [-0.39, 0.29) is 18.0 Å². The number of rotatable bonds is 2. The second-order valence-corrected chi connectivity index (χ2v) is 3.44. The van der Waals surface area contributed by atoms with Crippen LogP contribution >= 0.6 is 0 Å². The van der Waals surface area contributed by atoms with E-state index in [0.717, 1.165) is 0 Å². The minimum atomic E-state index is -0.246. The van der Waals surface area contributed by atoms with Crippen LogP contribution in [0.5, 0.6) is 0 Å². The van der Waals surface area contributed by atoms with Crippen molar-refractivity contribution < 1.29 is 9.32 Å². The van der Waals surface area contributed by atoms with E-state index in [9.17, 15) is 4.79 Å². The molecule has 1 aliphatic rings. The standard InChI is InChI=1S/C8H12N4O2/c1-4(9)7-11-8(14-12-7)5-2-3-6(13)10-5/h4-5H,2-3,9H2,1H3,(H,10,13). The van der Waals surface area contributed by atoms with Gasteiger partial charge in [-0.1, -0.05) is 5.16 Å². The van der Waals surface area contributed by atoms with E-state index < -0.39 is 0 Å². The lowest BCUT2D eigenvalue weighted by Crippen LogP contribution is -2.18. The Morgan fingerprint density at radius 1 is 1.71 bits per heavy atom. The Morgan fingerprint density at radius 2 is 2.50 bits per heavy atom. The quantitative estimate of drug-likeness (QED) is 0.696. The predicted molar refractivity (Wildman–Crippen MR) is 47.0 cm³/mol. The Balaban J connectivity index is 2.13. The highest BCUT2D eigenvalue weighted by Gasteiger charge is 2.27. The van der Waals surface area contributed by atoms with Crippen LogP contribution in [0, 0.1) is 0 Å². The second-order valence-electron chi connectivity index (χ2n) is 3.44. The van der Waals surface area contributed by atoms with E-state index >= 15 is 0 Å². The zero-order chi connectivity index (χ0) is 10.1. The fraction of sp³-hybridized carbons (Fsp3) is 0.625. The molecule has 2 atom stereocenters. The zero-order valence-corrected chi connectivity index (χ0v) is 7.86. The second kappa shape index (κ2) is 3.38. The molecule has 0 radical (unpaired) electrons. The van der Waals surface area contributed by atoms with Gasteiger partial charge in [-0.05, 0) is 13.3 Å². The molecule has 0 saturated carbocycles. The van der Waals surface area contributed by atoms with Crippen LogP contribution < -0.4 is 11.1 Å². The topological polar surface area (TPSA) is 94.0 Å². The van der Waals surface area contributed by atoms with E-state index in [1.807, 2.05) is 0 Å². The normalized spacial score (nSPS) is 23.6. The fourth-order valence-electron chi connectivity index (χ4n) is 1.37. The third kappa shape index (κ3) is 1.60. The van der Waals surface area contributed by atoms with Crippen LogP contribution in [0.25, 0.3) is 0 Å². The Kier molecular flexibility index (Phi) is 2.20. The average molecular weight is 196 g/mol. The van der Waals surface area contributed by atoms with Crippen molar-refractivity contribution in [1.29, 1.82) is 0 Å². The number of carbonyl (C=O) groups excluding carboxylic acids is 1. The number of carbonyl (C=O) groups is 1. The van der Waals surface area contributed by atoms with Gasteiger partial charge in [0, 0.05) is 6.42 Å². The molecule has 0 spiro atoms. The number of nitrogens with two attached hydrogens (primary N) is 1. The molecule has 1 aromatic heterocycles. The molecule has 6 heteroatoms. The van der Waals surface area contributed by atoms with Gasteiger partial charge in [0.25, 0.3) is 0 Å². The maximum atomic E-state index is 10.9. The van der Waals surface area contributed by atoms with Gasteiger partial charge in [-0.3, -0.25) is 4.79 Å². The molecule has 76 valence electrons. The summed E-state index contributed by atoms with van der Waals surface area (Å²) in [7, 11) is 0. The number of nitrogens with zero attached hydrogens (tertiary/aromatic N) is 2. The maximum Gasteiger partial charge on any atom is 0.249 e. The van der Waals surface area contributed by atoms with Crippen LogP contribution in [0.3, 0.4) is 0 Å². The van der Waals surface area contributed by atoms with Gasteiger partial charge in [0.1, 0.15) is 6.04 Å². The average Bonchev–Trinajstić information content (AvgIpc) is 2.70. The Bertz CT molecular complexity index is 347. The number of hydrogen-bond acceptors (Lipinski definition) is 5. The molecular weight excluding hydrogens is 184 g/mol. The first kappa shape index (κ1) is 9.14. The molecular formula is C8H12N4O2. The lowest BCUT2D eigenvalue weighted by Gasteiger charge is -2.01. The van der Waals surface area contributed by atoms with Crippen LogP contribution in [-0.4, -0.2) is 16.0 Å². The van der Waals surface area contributed by atoms with Crippen molar-refractivity contribution >= 4 is 5.91 Å². The highest BCUT2D eigenvalue weighted by atomic mass is 16.5. The molecule has 1 saturated heterocycles. The molecule has 0 bridgehead atoms. The molecule has 2 unspecified atom stereocenters. The zero-order valence-electron chi connectivity index (χ0n) is 7.86. The molecule has 0 aliphatic carbocycles. The summed E-state index contributed by atoms with van der Waals surface area (Å²) in [6.07, 6.45) is 1.22. The van der Waals surface area contributed by atoms with Gasteiger partial charge >= 0.3 is 0 Å². The third-order valence-electron chi connectivity index (χ3n) is 2.16. The van der Waals surface area contributed by atoms with Crippen molar-refractivity contribution in [3.05, 3.63) is 11.7 Å². The van der Waals surface area contributed by atoms with Crippen molar-refractivity contribution in [1.82, 2.24) is 15.5 Å².